The molecule has 1 saturated heterocycles. The van der Waals surface area contributed by atoms with E-state index in [2.05, 4.69) is 5.32 Å². The van der Waals surface area contributed by atoms with E-state index in [1.54, 1.807) is 24.3 Å². The summed E-state index contributed by atoms with van der Waals surface area (Å²) in [5.41, 5.74) is 2.10. The molecule has 2 aromatic rings. The monoisotopic (exact) mass is 426 g/mol. The minimum absolute atomic E-state index is 0.00167. The highest BCUT2D eigenvalue weighted by Crippen LogP contribution is 2.23. The molecule has 30 heavy (non-hydrogen) atoms. The summed E-state index contributed by atoms with van der Waals surface area (Å²) >= 11 is 6.12. The van der Waals surface area contributed by atoms with Crippen LogP contribution in [0, 0.1) is 5.92 Å². The van der Waals surface area contributed by atoms with Crippen LogP contribution < -0.4 is 5.32 Å². The van der Waals surface area contributed by atoms with Crippen LogP contribution in [0.15, 0.2) is 48.5 Å². The summed E-state index contributed by atoms with van der Waals surface area (Å²) in [6, 6.07) is 14.3. The highest BCUT2D eigenvalue weighted by molar-refractivity contribution is 6.31. The zero-order valence-electron chi connectivity index (χ0n) is 17.2. The van der Waals surface area contributed by atoms with Gasteiger partial charge in [-0.15, -0.1) is 0 Å². The molecule has 6 heteroatoms. The average Bonchev–Trinajstić information content (AvgIpc) is 2.77. The van der Waals surface area contributed by atoms with E-state index in [9.17, 15) is 14.4 Å². The third-order valence-electron chi connectivity index (χ3n) is 5.56. The second-order valence-corrected chi connectivity index (χ2v) is 8.21. The van der Waals surface area contributed by atoms with Crippen LogP contribution in [-0.4, -0.2) is 35.6 Å². The summed E-state index contributed by atoms with van der Waals surface area (Å²) in [4.78, 5) is 38.3. The van der Waals surface area contributed by atoms with E-state index in [1.165, 1.54) is 6.92 Å². The highest BCUT2D eigenvalue weighted by Gasteiger charge is 2.25. The maximum absolute atomic E-state index is 12.8. The number of nitrogens with one attached hydrogen (secondary N) is 1. The second-order valence-electron chi connectivity index (χ2n) is 7.80. The van der Waals surface area contributed by atoms with Crippen LogP contribution in [0.25, 0.3) is 0 Å². The number of hydrogen-bond acceptors (Lipinski definition) is 3. The van der Waals surface area contributed by atoms with E-state index in [0.29, 0.717) is 41.6 Å². The fourth-order valence-corrected chi connectivity index (χ4v) is 3.98. The fourth-order valence-electron chi connectivity index (χ4n) is 3.77. The number of carbonyl (C=O) groups is 3. The number of hydrogen-bond donors (Lipinski definition) is 1. The topological polar surface area (TPSA) is 66.5 Å². The summed E-state index contributed by atoms with van der Waals surface area (Å²) in [5.74, 6) is 0.279. The lowest BCUT2D eigenvalue weighted by molar-refractivity contribution is -0.121. The zero-order valence-corrected chi connectivity index (χ0v) is 18.0. The van der Waals surface area contributed by atoms with Gasteiger partial charge in [0.15, 0.2) is 5.78 Å². The normalized spacial score (nSPS) is 16.2. The maximum Gasteiger partial charge on any atom is 0.253 e. The first-order valence-corrected chi connectivity index (χ1v) is 10.7. The van der Waals surface area contributed by atoms with Gasteiger partial charge in [0.1, 0.15) is 0 Å². The van der Waals surface area contributed by atoms with Crippen molar-refractivity contribution in [2.45, 2.75) is 39.2 Å². The van der Waals surface area contributed by atoms with Crippen LogP contribution in [0.4, 0.5) is 0 Å². The molecule has 0 radical (unpaired) electrons. The minimum atomic E-state index is -0.0158. The van der Waals surface area contributed by atoms with Crippen molar-refractivity contribution < 1.29 is 14.4 Å². The number of nitrogens with zero attached hydrogens (tertiary/aromatic N) is 1. The van der Waals surface area contributed by atoms with Crippen molar-refractivity contribution in [1.29, 1.82) is 0 Å². The number of carbonyl (C=O) groups excluding carboxylic acids is 3. The molecule has 158 valence electrons. The van der Waals surface area contributed by atoms with Gasteiger partial charge in [-0.1, -0.05) is 41.9 Å². The van der Waals surface area contributed by atoms with Crippen LogP contribution in [0.2, 0.25) is 5.02 Å². The number of amides is 2. The first kappa shape index (κ1) is 22.0. The van der Waals surface area contributed by atoms with Gasteiger partial charge < -0.3 is 10.2 Å². The van der Waals surface area contributed by atoms with Gasteiger partial charge in [0.2, 0.25) is 5.91 Å². The molecule has 1 aliphatic heterocycles. The molecule has 1 fully saturated rings. The molecule has 0 spiro atoms. The van der Waals surface area contributed by atoms with E-state index in [1.807, 2.05) is 29.2 Å². The molecule has 0 aromatic heterocycles. The summed E-state index contributed by atoms with van der Waals surface area (Å²) in [6.45, 7) is 3.31. The van der Waals surface area contributed by atoms with Gasteiger partial charge in [0, 0.05) is 42.2 Å². The van der Waals surface area contributed by atoms with Crippen molar-refractivity contribution in [3.8, 4) is 0 Å². The van der Waals surface area contributed by atoms with Crippen molar-refractivity contribution in [3.63, 3.8) is 0 Å². The number of likely N-dealkylation sites (tertiary alicyclic amines) is 1. The summed E-state index contributed by atoms with van der Waals surface area (Å²) < 4.78 is 0. The minimum Gasteiger partial charge on any atom is -0.352 e. The smallest absolute Gasteiger partial charge is 0.253 e. The molecule has 5 nitrogen and oxygen atoms in total. The molecule has 1 heterocycles. The third-order valence-corrected chi connectivity index (χ3v) is 5.93. The van der Waals surface area contributed by atoms with Crippen molar-refractivity contribution in [3.05, 3.63) is 70.2 Å². The van der Waals surface area contributed by atoms with Crippen LogP contribution in [0.3, 0.4) is 0 Å². The van der Waals surface area contributed by atoms with Crippen molar-refractivity contribution in [2.75, 3.05) is 13.1 Å². The molecule has 0 aliphatic carbocycles. The molecular formula is C24H27ClN2O3. The average molecular weight is 427 g/mol. The number of piperidine rings is 1. The van der Waals surface area contributed by atoms with Gasteiger partial charge in [0.25, 0.3) is 5.91 Å². The first-order chi connectivity index (χ1) is 14.4. The zero-order chi connectivity index (χ0) is 21.5. The molecule has 1 N–H and O–H groups in total. The quantitative estimate of drug-likeness (QED) is 0.663. The van der Waals surface area contributed by atoms with Crippen LogP contribution in [0.5, 0.6) is 0 Å². The Labute approximate surface area is 182 Å². The number of benzene rings is 2. The molecule has 0 bridgehead atoms. The summed E-state index contributed by atoms with van der Waals surface area (Å²) in [5, 5.41) is 3.57. The Balaban J connectivity index is 1.47. The standard InChI is InChI=1S/C24H27ClN2O3/c1-17(28)19-9-11-20(12-10-19)24(30)27-14-4-5-18(16-27)8-13-23(29)26-15-21-6-2-3-7-22(21)25/h2-3,6-7,9-12,18H,4-5,8,13-16H2,1H3,(H,26,29)/t18-/m0/s1. The van der Waals surface area contributed by atoms with E-state index >= 15 is 0 Å². The number of Topliss-reactive ketones (excluding diaryl/α,β-unsaturated/α-hetero) is 1. The van der Waals surface area contributed by atoms with Crippen LogP contribution in [-0.2, 0) is 11.3 Å². The molecule has 1 aliphatic rings. The third kappa shape index (κ3) is 5.92. The largest absolute Gasteiger partial charge is 0.352 e. The van der Waals surface area contributed by atoms with Crippen molar-refractivity contribution >= 4 is 29.2 Å². The number of rotatable bonds is 7. The Morgan fingerprint density at radius 1 is 1.07 bits per heavy atom. The molecule has 0 saturated carbocycles. The van der Waals surface area contributed by atoms with Crippen LogP contribution in [0.1, 0.15) is 58.9 Å². The van der Waals surface area contributed by atoms with E-state index < -0.39 is 0 Å². The molecule has 0 unspecified atom stereocenters. The first-order valence-electron chi connectivity index (χ1n) is 10.3. The summed E-state index contributed by atoms with van der Waals surface area (Å²) in [7, 11) is 0. The van der Waals surface area contributed by atoms with Crippen molar-refractivity contribution in [2.24, 2.45) is 5.92 Å². The van der Waals surface area contributed by atoms with Gasteiger partial charge in [0.05, 0.1) is 0 Å². The molecule has 2 aromatic carbocycles. The van der Waals surface area contributed by atoms with Crippen LogP contribution >= 0.6 is 11.6 Å². The Hall–Kier alpha value is -2.66. The Bertz CT molecular complexity index is 911. The Kier molecular flexibility index (Phi) is 7.63. The number of halogens is 1. The van der Waals surface area contributed by atoms with Gasteiger partial charge in [-0.2, -0.15) is 0 Å². The highest BCUT2D eigenvalue weighted by atomic mass is 35.5. The fraction of sp³-hybridized carbons (Fsp3) is 0.375. The lowest BCUT2D eigenvalue weighted by Gasteiger charge is -2.33. The molecular weight excluding hydrogens is 400 g/mol. The lowest BCUT2D eigenvalue weighted by atomic mass is 9.92. The van der Waals surface area contributed by atoms with Gasteiger partial charge >= 0.3 is 0 Å². The Morgan fingerprint density at radius 3 is 2.47 bits per heavy atom. The van der Waals surface area contributed by atoms with Gasteiger partial charge in [-0.05, 0) is 55.9 Å². The van der Waals surface area contributed by atoms with E-state index in [4.69, 9.17) is 11.6 Å². The molecule has 3 rings (SSSR count). The molecule has 2 amide bonds. The van der Waals surface area contributed by atoms with E-state index in [0.717, 1.165) is 31.4 Å². The SMILES string of the molecule is CC(=O)c1ccc(C(=O)N2CCC[C@@H](CCC(=O)NCc3ccccc3Cl)C2)cc1. The molecule has 1 atom stereocenters. The van der Waals surface area contributed by atoms with Gasteiger partial charge in [-0.3, -0.25) is 14.4 Å². The Morgan fingerprint density at radius 2 is 1.77 bits per heavy atom. The predicted molar refractivity (Wildman–Crippen MR) is 118 cm³/mol. The van der Waals surface area contributed by atoms with Gasteiger partial charge in [-0.25, -0.2) is 0 Å². The predicted octanol–water partition coefficient (Wildman–Crippen LogP) is 4.49. The number of ketones is 1. The van der Waals surface area contributed by atoms with E-state index in [-0.39, 0.29) is 17.6 Å². The second kappa shape index (κ2) is 10.4. The van der Waals surface area contributed by atoms with Crippen molar-refractivity contribution in [1.82, 2.24) is 10.2 Å². The lowest BCUT2D eigenvalue weighted by Crippen LogP contribution is -2.40. The maximum atomic E-state index is 12.8. The summed E-state index contributed by atoms with van der Waals surface area (Å²) in [6.07, 6.45) is 3.14.